The van der Waals surface area contributed by atoms with Gasteiger partial charge in [-0.3, -0.25) is 9.59 Å². The Labute approximate surface area is 148 Å². The number of amides is 1. The van der Waals surface area contributed by atoms with E-state index in [-0.39, 0.29) is 24.1 Å². The lowest BCUT2D eigenvalue weighted by Crippen LogP contribution is -2.44. The number of nitrogens with one attached hydrogen (secondary N) is 2. The quantitative estimate of drug-likeness (QED) is 0.784. The minimum Gasteiger partial charge on any atom is -0.455 e. The van der Waals surface area contributed by atoms with Gasteiger partial charge in [0.05, 0.1) is 5.56 Å². The Morgan fingerprint density at radius 3 is 2.75 bits per heavy atom. The number of Topliss-reactive ketones (excluding diaryl/α,β-unsaturated/α-hetero) is 1. The number of rotatable bonds is 5. The highest BCUT2D eigenvalue weighted by atomic mass is 35.5. The van der Waals surface area contributed by atoms with Crippen LogP contribution in [0.5, 0.6) is 0 Å². The Morgan fingerprint density at radius 2 is 2.04 bits per heavy atom. The van der Waals surface area contributed by atoms with Crippen molar-refractivity contribution in [3.63, 3.8) is 0 Å². The lowest BCUT2D eigenvalue weighted by molar-refractivity contribution is 0.0917. The maximum absolute atomic E-state index is 12.3. The summed E-state index contributed by atoms with van der Waals surface area (Å²) in [5.74, 6) is 0.896. The van der Waals surface area contributed by atoms with Crippen LogP contribution in [0.15, 0.2) is 4.42 Å². The molecule has 1 saturated heterocycles. The first-order valence-corrected chi connectivity index (χ1v) is 8.53. The number of aryl methyl sites for hydroxylation is 1. The molecule has 0 aromatic carbocycles. The van der Waals surface area contributed by atoms with Gasteiger partial charge in [0.1, 0.15) is 5.76 Å². The van der Waals surface area contributed by atoms with Crippen LogP contribution in [-0.4, -0.2) is 55.9 Å². The molecule has 1 aromatic heterocycles. The Balaban J connectivity index is 0.00000208. The second kappa shape index (κ2) is 8.65. The Kier molecular flexibility index (Phi) is 6.83. The van der Waals surface area contributed by atoms with E-state index in [0.717, 1.165) is 52.0 Å². The fourth-order valence-corrected chi connectivity index (χ4v) is 3.38. The number of nitrogens with zero attached hydrogens (tertiary/aromatic N) is 1. The van der Waals surface area contributed by atoms with Crippen LogP contribution in [0.25, 0.3) is 0 Å². The molecule has 0 radical (unpaired) electrons. The Bertz CT molecular complexity index is 594. The largest absolute Gasteiger partial charge is 0.455 e. The van der Waals surface area contributed by atoms with E-state index in [1.54, 1.807) is 6.92 Å². The minimum atomic E-state index is -0.204. The van der Waals surface area contributed by atoms with Gasteiger partial charge in [0.15, 0.2) is 11.5 Å². The summed E-state index contributed by atoms with van der Waals surface area (Å²) in [5.41, 5.74) is 1.34. The molecule has 0 atom stereocenters. The Hall–Kier alpha value is -1.37. The van der Waals surface area contributed by atoms with Gasteiger partial charge in [0.25, 0.3) is 5.91 Å². The maximum Gasteiger partial charge on any atom is 0.287 e. The summed E-state index contributed by atoms with van der Waals surface area (Å²) >= 11 is 0. The van der Waals surface area contributed by atoms with Gasteiger partial charge in [-0.05, 0) is 26.3 Å². The van der Waals surface area contributed by atoms with Crippen molar-refractivity contribution < 1.29 is 14.0 Å². The highest BCUT2D eigenvalue weighted by Crippen LogP contribution is 2.29. The second-order valence-electron chi connectivity index (χ2n) is 6.33. The van der Waals surface area contributed by atoms with Crippen molar-refractivity contribution in [3.8, 4) is 0 Å². The third-order valence-electron chi connectivity index (χ3n) is 4.66. The molecule has 3 rings (SSSR count). The second-order valence-corrected chi connectivity index (χ2v) is 6.33. The minimum absolute atomic E-state index is 0. The summed E-state index contributed by atoms with van der Waals surface area (Å²) < 4.78 is 5.66. The third kappa shape index (κ3) is 4.18. The van der Waals surface area contributed by atoms with Crippen LogP contribution in [0.1, 0.15) is 51.5 Å². The van der Waals surface area contributed by atoms with E-state index in [1.807, 2.05) is 0 Å². The summed E-state index contributed by atoms with van der Waals surface area (Å²) in [7, 11) is 0. The fourth-order valence-electron chi connectivity index (χ4n) is 3.38. The summed E-state index contributed by atoms with van der Waals surface area (Å²) in [5, 5.41) is 6.24. The van der Waals surface area contributed by atoms with Crippen molar-refractivity contribution >= 4 is 24.1 Å². The molecule has 6 nitrogen and oxygen atoms in total. The topological polar surface area (TPSA) is 74.6 Å². The van der Waals surface area contributed by atoms with Gasteiger partial charge < -0.3 is 20.0 Å². The van der Waals surface area contributed by atoms with Crippen molar-refractivity contribution in [1.82, 2.24) is 15.5 Å². The standard InChI is InChI=1S/C17H25N3O3.ClH/c1-12-15-13(21)4-2-5-14(15)23-16(12)17(22)19-6-3-9-20-10-7-18-8-11-20;/h18H,2-11H2,1H3,(H,19,22);1H. The van der Waals surface area contributed by atoms with Gasteiger partial charge in [-0.2, -0.15) is 0 Å². The zero-order valence-corrected chi connectivity index (χ0v) is 15.0. The summed E-state index contributed by atoms with van der Waals surface area (Å²) in [4.78, 5) is 26.7. The van der Waals surface area contributed by atoms with Crippen molar-refractivity contribution in [1.29, 1.82) is 0 Å². The molecular weight excluding hydrogens is 330 g/mol. The number of hydrogen-bond donors (Lipinski definition) is 2. The molecule has 24 heavy (non-hydrogen) atoms. The fraction of sp³-hybridized carbons (Fsp3) is 0.647. The monoisotopic (exact) mass is 355 g/mol. The number of carbonyl (C=O) groups excluding carboxylic acids is 2. The van der Waals surface area contributed by atoms with Gasteiger partial charge in [-0.25, -0.2) is 0 Å². The molecule has 0 saturated carbocycles. The summed E-state index contributed by atoms with van der Waals surface area (Å²) in [6.07, 6.45) is 3.03. The van der Waals surface area contributed by atoms with Crippen molar-refractivity contribution in [3.05, 3.63) is 22.6 Å². The number of furan rings is 1. The van der Waals surface area contributed by atoms with E-state index in [9.17, 15) is 9.59 Å². The third-order valence-corrected chi connectivity index (χ3v) is 4.66. The van der Waals surface area contributed by atoms with E-state index in [2.05, 4.69) is 15.5 Å². The highest BCUT2D eigenvalue weighted by Gasteiger charge is 2.28. The number of halogens is 1. The first kappa shape index (κ1) is 19.0. The number of carbonyl (C=O) groups is 2. The molecule has 2 N–H and O–H groups in total. The van der Waals surface area contributed by atoms with Gasteiger partial charge in [0, 0.05) is 51.1 Å². The molecule has 0 bridgehead atoms. The van der Waals surface area contributed by atoms with Crippen LogP contribution < -0.4 is 10.6 Å². The molecule has 1 aliphatic carbocycles. The molecular formula is C17H26ClN3O3. The van der Waals surface area contributed by atoms with E-state index in [1.165, 1.54) is 0 Å². The SMILES string of the molecule is Cc1c(C(=O)NCCCN2CCNCC2)oc2c1C(=O)CCC2.Cl. The van der Waals surface area contributed by atoms with Crippen LogP contribution >= 0.6 is 12.4 Å². The number of fused-ring (bicyclic) bond motifs is 1. The van der Waals surface area contributed by atoms with Crippen LogP contribution in [0.3, 0.4) is 0 Å². The van der Waals surface area contributed by atoms with E-state index in [0.29, 0.717) is 35.6 Å². The average Bonchev–Trinajstić information content (AvgIpc) is 2.91. The van der Waals surface area contributed by atoms with Gasteiger partial charge in [-0.1, -0.05) is 0 Å². The van der Waals surface area contributed by atoms with Crippen LogP contribution in [0.4, 0.5) is 0 Å². The maximum atomic E-state index is 12.3. The zero-order valence-electron chi connectivity index (χ0n) is 14.2. The van der Waals surface area contributed by atoms with Crippen LogP contribution in [0, 0.1) is 6.92 Å². The average molecular weight is 356 g/mol. The predicted octanol–water partition coefficient (Wildman–Crippen LogP) is 1.55. The lowest BCUT2D eigenvalue weighted by atomic mass is 9.94. The molecule has 0 spiro atoms. The summed E-state index contributed by atoms with van der Waals surface area (Å²) in [6.45, 7) is 7.64. The smallest absolute Gasteiger partial charge is 0.287 e. The van der Waals surface area contributed by atoms with Crippen molar-refractivity contribution in [2.45, 2.75) is 32.6 Å². The van der Waals surface area contributed by atoms with Gasteiger partial charge in [0.2, 0.25) is 0 Å². The first-order valence-electron chi connectivity index (χ1n) is 8.53. The molecule has 0 unspecified atom stereocenters. The normalized spacial score (nSPS) is 18.0. The van der Waals surface area contributed by atoms with Crippen LogP contribution in [0.2, 0.25) is 0 Å². The van der Waals surface area contributed by atoms with Gasteiger partial charge >= 0.3 is 0 Å². The molecule has 1 fully saturated rings. The Morgan fingerprint density at radius 1 is 1.29 bits per heavy atom. The van der Waals surface area contributed by atoms with E-state index < -0.39 is 0 Å². The molecule has 1 aliphatic heterocycles. The highest BCUT2D eigenvalue weighted by molar-refractivity contribution is 6.03. The molecule has 2 aliphatic rings. The van der Waals surface area contributed by atoms with Crippen molar-refractivity contribution in [2.75, 3.05) is 39.3 Å². The number of ketones is 1. The number of piperazine rings is 1. The number of hydrogen-bond acceptors (Lipinski definition) is 5. The lowest BCUT2D eigenvalue weighted by Gasteiger charge is -2.26. The molecule has 1 aromatic rings. The van der Waals surface area contributed by atoms with Crippen molar-refractivity contribution in [2.24, 2.45) is 0 Å². The molecule has 7 heteroatoms. The molecule has 1 amide bonds. The summed E-state index contributed by atoms with van der Waals surface area (Å²) in [6, 6.07) is 0. The van der Waals surface area contributed by atoms with Crippen LogP contribution in [-0.2, 0) is 6.42 Å². The molecule has 2 heterocycles. The van der Waals surface area contributed by atoms with E-state index >= 15 is 0 Å². The zero-order chi connectivity index (χ0) is 16.2. The first-order chi connectivity index (χ1) is 11.2. The van der Waals surface area contributed by atoms with E-state index in [4.69, 9.17) is 4.42 Å². The molecule has 134 valence electrons. The van der Waals surface area contributed by atoms with Gasteiger partial charge in [-0.15, -0.1) is 12.4 Å². The predicted molar refractivity (Wildman–Crippen MR) is 94.2 cm³/mol.